The van der Waals surface area contributed by atoms with Crippen molar-refractivity contribution in [3.05, 3.63) is 70.5 Å². The van der Waals surface area contributed by atoms with Gasteiger partial charge in [0, 0.05) is 11.1 Å². The van der Waals surface area contributed by atoms with Gasteiger partial charge in [-0.15, -0.1) is 0 Å². The summed E-state index contributed by atoms with van der Waals surface area (Å²) in [5.41, 5.74) is 1.96. The van der Waals surface area contributed by atoms with Crippen LogP contribution in [0.2, 0.25) is 5.02 Å². The zero-order valence-corrected chi connectivity index (χ0v) is 13.2. The largest absolute Gasteiger partial charge is 0.313 e. The molecule has 0 heterocycles. The Morgan fingerprint density at radius 3 is 2.48 bits per heavy atom. The third kappa shape index (κ3) is 4.29. The Morgan fingerprint density at radius 1 is 1.14 bits per heavy atom. The quantitative estimate of drug-likeness (QED) is 0.808. The lowest BCUT2D eigenvalue weighted by molar-refractivity contribution is 0.450. The Kier molecular flexibility index (Phi) is 5.77. The zero-order chi connectivity index (χ0) is 15.2. The molecule has 0 aliphatic rings. The number of hydrogen-bond donors (Lipinski definition) is 1. The van der Waals surface area contributed by atoms with Gasteiger partial charge in [-0.3, -0.25) is 0 Å². The molecule has 0 radical (unpaired) electrons. The summed E-state index contributed by atoms with van der Waals surface area (Å²) in [6, 6.07) is 15.4. The first-order chi connectivity index (χ1) is 10.1. The lowest BCUT2D eigenvalue weighted by atomic mass is 9.89. The SMILES string of the molecule is CCNC(Cc1ccc(Cl)cc1F)C(C)c1ccccc1. The van der Waals surface area contributed by atoms with Crippen molar-refractivity contribution in [1.82, 2.24) is 5.32 Å². The van der Waals surface area contributed by atoms with Crippen LogP contribution in [0, 0.1) is 5.82 Å². The van der Waals surface area contributed by atoms with Crippen LogP contribution in [0.25, 0.3) is 0 Å². The van der Waals surface area contributed by atoms with Crippen LogP contribution in [0.5, 0.6) is 0 Å². The molecule has 2 aromatic rings. The van der Waals surface area contributed by atoms with Crippen molar-refractivity contribution in [1.29, 1.82) is 0 Å². The van der Waals surface area contributed by atoms with E-state index in [1.807, 2.05) is 18.2 Å². The molecule has 2 atom stereocenters. The first kappa shape index (κ1) is 16.0. The molecular formula is C18H21ClFN. The third-order valence-electron chi connectivity index (χ3n) is 3.85. The standard InChI is InChI=1S/C18H21ClFN/c1-3-21-18(13(2)14-7-5-4-6-8-14)11-15-9-10-16(19)12-17(15)20/h4-10,12-13,18,21H,3,11H2,1-2H3. The Hall–Kier alpha value is -1.38. The van der Waals surface area contributed by atoms with Crippen molar-refractivity contribution in [2.75, 3.05) is 6.54 Å². The van der Waals surface area contributed by atoms with Crippen LogP contribution in [-0.2, 0) is 6.42 Å². The van der Waals surface area contributed by atoms with Crippen molar-refractivity contribution in [2.24, 2.45) is 0 Å². The van der Waals surface area contributed by atoms with Crippen LogP contribution in [0.15, 0.2) is 48.5 Å². The van der Waals surface area contributed by atoms with E-state index in [0.29, 0.717) is 22.9 Å². The van der Waals surface area contributed by atoms with Crippen molar-refractivity contribution >= 4 is 11.6 Å². The minimum absolute atomic E-state index is 0.188. The summed E-state index contributed by atoms with van der Waals surface area (Å²) in [6.45, 7) is 5.11. The summed E-state index contributed by atoms with van der Waals surface area (Å²) < 4.78 is 14.0. The van der Waals surface area contributed by atoms with E-state index >= 15 is 0 Å². The number of hydrogen-bond acceptors (Lipinski definition) is 1. The second-order valence-electron chi connectivity index (χ2n) is 5.30. The molecule has 0 aromatic heterocycles. The second kappa shape index (κ2) is 7.58. The minimum atomic E-state index is -0.231. The molecule has 0 spiro atoms. The maximum atomic E-state index is 14.0. The lowest BCUT2D eigenvalue weighted by Gasteiger charge is -2.25. The van der Waals surface area contributed by atoms with Gasteiger partial charge in [0.2, 0.25) is 0 Å². The lowest BCUT2D eigenvalue weighted by Crippen LogP contribution is -2.35. The number of halogens is 2. The highest BCUT2D eigenvalue weighted by molar-refractivity contribution is 6.30. The van der Waals surface area contributed by atoms with Crippen LogP contribution in [0.4, 0.5) is 4.39 Å². The van der Waals surface area contributed by atoms with Crippen LogP contribution < -0.4 is 5.32 Å². The highest BCUT2D eigenvalue weighted by Gasteiger charge is 2.19. The highest BCUT2D eigenvalue weighted by atomic mass is 35.5. The van der Waals surface area contributed by atoms with Crippen molar-refractivity contribution in [2.45, 2.75) is 32.2 Å². The van der Waals surface area contributed by atoms with E-state index in [9.17, 15) is 4.39 Å². The van der Waals surface area contributed by atoms with Gasteiger partial charge < -0.3 is 5.32 Å². The van der Waals surface area contributed by atoms with E-state index in [2.05, 4.69) is 31.3 Å². The average molecular weight is 306 g/mol. The van der Waals surface area contributed by atoms with Crippen LogP contribution in [-0.4, -0.2) is 12.6 Å². The van der Waals surface area contributed by atoms with E-state index in [4.69, 9.17) is 11.6 Å². The normalized spacial score (nSPS) is 13.9. The molecule has 2 aromatic carbocycles. The van der Waals surface area contributed by atoms with Crippen molar-refractivity contribution < 1.29 is 4.39 Å². The molecule has 0 fully saturated rings. The summed E-state index contributed by atoms with van der Waals surface area (Å²) in [4.78, 5) is 0. The fraction of sp³-hybridized carbons (Fsp3) is 0.333. The summed E-state index contributed by atoms with van der Waals surface area (Å²) >= 11 is 5.82. The van der Waals surface area contributed by atoms with Gasteiger partial charge in [-0.2, -0.15) is 0 Å². The van der Waals surface area contributed by atoms with Gasteiger partial charge in [-0.05, 0) is 42.1 Å². The molecule has 1 N–H and O–H groups in total. The fourth-order valence-electron chi connectivity index (χ4n) is 2.60. The molecule has 0 saturated heterocycles. The molecule has 0 aliphatic carbocycles. The Balaban J connectivity index is 2.19. The van der Waals surface area contributed by atoms with Crippen molar-refractivity contribution in [3.63, 3.8) is 0 Å². The number of rotatable bonds is 6. The van der Waals surface area contributed by atoms with Gasteiger partial charge >= 0.3 is 0 Å². The maximum Gasteiger partial charge on any atom is 0.127 e. The molecule has 0 aliphatic heterocycles. The molecule has 2 unspecified atom stereocenters. The first-order valence-corrected chi connectivity index (χ1v) is 7.72. The van der Waals surface area contributed by atoms with Crippen molar-refractivity contribution in [3.8, 4) is 0 Å². The molecule has 1 nitrogen and oxygen atoms in total. The molecule has 3 heteroatoms. The van der Waals surface area contributed by atoms with Gasteiger partial charge in [0.15, 0.2) is 0 Å². The monoisotopic (exact) mass is 305 g/mol. The molecular weight excluding hydrogens is 285 g/mol. The molecule has 0 amide bonds. The first-order valence-electron chi connectivity index (χ1n) is 7.34. The third-order valence-corrected chi connectivity index (χ3v) is 4.09. The van der Waals surface area contributed by atoms with Gasteiger partial charge in [0.25, 0.3) is 0 Å². The summed E-state index contributed by atoms with van der Waals surface area (Å²) in [6.07, 6.45) is 0.646. The summed E-state index contributed by atoms with van der Waals surface area (Å²) in [5, 5.41) is 3.91. The topological polar surface area (TPSA) is 12.0 Å². The zero-order valence-electron chi connectivity index (χ0n) is 12.4. The average Bonchev–Trinajstić information content (AvgIpc) is 2.49. The predicted octanol–water partition coefficient (Wildman–Crippen LogP) is 4.80. The highest BCUT2D eigenvalue weighted by Crippen LogP contribution is 2.24. The molecule has 2 rings (SSSR count). The van der Waals surface area contributed by atoms with E-state index in [0.717, 1.165) is 6.54 Å². The van der Waals surface area contributed by atoms with Gasteiger partial charge in [-0.25, -0.2) is 4.39 Å². The van der Waals surface area contributed by atoms with Crippen LogP contribution in [0.1, 0.15) is 30.9 Å². The predicted molar refractivity (Wildman–Crippen MR) is 87.4 cm³/mol. The van der Waals surface area contributed by atoms with E-state index in [1.54, 1.807) is 12.1 Å². The summed E-state index contributed by atoms with van der Waals surface area (Å²) in [7, 11) is 0. The molecule has 112 valence electrons. The van der Waals surface area contributed by atoms with Crippen LogP contribution >= 0.6 is 11.6 Å². The van der Waals surface area contributed by atoms with Gasteiger partial charge in [0.1, 0.15) is 5.82 Å². The number of benzene rings is 2. The van der Waals surface area contributed by atoms with E-state index < -0.39 is 0 Å². The minimum Gasteiger partial charge on any atom is -0.313 e. The fourth-order valence-corrected chi connectivity index (χ4v) is 2.76. The smallest absolute Gasteiger partial charge is 0.127 e. The van der Waals surface area contributed by atoms with Gasteiger partial charge in [-0.1, -0.05) is 61.8 Å². The van der Waals surface area contributed by atoms with Gasteiger partial charge in [0.05, 0.1) is 0 Å². The Labute approximate surface area is 131 Å². The molecule has 0 bridgehead atoms. The Morgan fingerprint density at radius 2 is 1.86 bits per heavy atom. The molecule has 0 saturated carbocycles. The van der Waals surface area contributed by atoms with Crippen LogP contribution in [0.3, 0.4) is 0 Å². The summed E-state index contributed by atoms with van der Waals surface area (Å²) in [5.74, 6) is 0.0758. The van der Waals surface area contributed by atoms with E-state index in [-0.39, 0.29) is 11.9 Å². The number of likely N-dealkylation sites (N-methyl/N-ethyl adjacent to an activating group) is 1. The number of nitrogens with one attached hydrogen (secondary N) is 1. The van der Waals surface area contributed by atoms with E-state index in [1.165, 1.54) is 11.6 Å². The molecule has 21 heavy (non-hydrogen) atoms. The Bertz CT molecular complexity index is 571. The second-order valence-corrected chi connectivity index (χ2v) is 5.74. The maximum absolute atomic E-state index is 14.0.